The largest absolute Gasteiger partial charge is 0.497 e. The molecule has 0 spiro atoms. The minimum Gasteiger partial charge on any atom is -0.497 e. The monoisotopic (exact) mass is 408 g/mol. The van der Waals surface area contributed by atoms with Gasteiger partial charge in [-0.1, -0.05) is 6.07 Å². The topological polar surface area (TPSA) is 120 Å². The van der Waals surface area contributed by atoms with Crippen molar-refractivity contribution >= 4 is 27.6 Å². The van der Waals surface area contributed by atoms with Crippen molar-refractivity contribution in [2.24, 2.45) is 0 Å². The highest BCUT2D eigenvalue weighted by Gasteiger charge is 2.16. The van der Waals surface area contributed by atoms with E-state index in [2.05, 4.69) is 10.0 Å². The average molecular weight is 408 g/mol. The highest BCUT2D eigenvalue weighted by Crippen LogP contribution is 2.28. The molecule has 0 saturated carbocycles. The zero-order chi connectivity index (χ0) is 20.7. The summed E-state index contributed by atoms with van der Waals surface area (Å²) in [6, 6.07) is 10.1. The lowest BCUT2D eigenvalue weighted by atomic mass is 10.2. The summed E-state index contributed by atoms with van der Waals surface area (Å²) in [6.07, 6.45) is 0. The Morgan fingerprint density at radius 2 is 1.79 bits per heavy atom. The van der Waals surface area contributed by atoms with Gasteiger partial charge in [-0.15, -0.1) is 0 Å². The first-order chi connectivity index (χ1) is 13.3. The third-order valence-corrected chi connectivity index (χ3v) is 5.08. The second-order valence-corrected chi connectivity index (χ2v) is 7.31. The summed E-state index contributed by atoms with van der Waals surface area (Å²) in [4.78, 5) is 24.1. The van der Waals surface area contributed by atoms with Gasteiger partial charge in [0.15, 0.2) is 6.61 Å². The predicted molar refractivity (Wildman–Crippen MR) is 101 cm³/mol. The van der Waals surface area contributed by atoms with E-state index < -0.39 is 28.5 Å². The number of carbonyl (C=O) groups is 2. The summed E-state index contributed by atoms with van der Waals surface area (Å²) >= 11 is 0. The molecule has 150 valence electrons. The third-order valence-electron chi connectivity index (χ3n) is 3.66. The van der Waals surface area contributed by atoms with Crippen LogP contribution in [0.1, 0.15) is 10.4 Å². The fraction of sp³-hybridized carbons (Fsp3) is 0.222. The lowest BCUT2D eigenvalue weighted by Gasteiger charge is -2.12. The molecule has 0 aromatic heterocycles. The maximum atomic E-state index is 12.1. The van der Waals surface area contributed by atoms with Gasteiger partial charge >= 0.3 is 5.97 Å². The minimum absolute atomic E-state index is 0.00286. The van der Waals surface area contributed by atoms with Gasteiger partial charge in [0.25, 0.3) is 5.91 Å². The Kier molecular flexibility index (Phi) is 6.96. The van der Waals surface area contributed by atoms with Crippen molar-refractivity contribution in [3.05, 3.63) is 48.0 Å². The van der Waals surface area contributed by atoms with Crippen molar-refractivity contribution < 1.29 is 32.2 Å². The predicted octanol–water partition coefficient (Wildman–Crippen LogP) is 1.41. The molecule has 0 unspecified atom stereocenters. The van der Waals surface area contributed by atoms with Gasteiger partial charge in [0, 0.05) is 6.07 Å². The first-order valence-electron chi connectivity index (χ1n) is 8.03. The summed E-state index contributed by atoms with van der Waals surface area (Å²) in [5.74, 6) is -0.513. The van der Waals surface area contributed by atoms with Gasteiger partial charge in [0.05, 0.1) is 30.4 Å². The number of benzene rings is 2. The van der Waals surface area contributed by atoms with Crippen LogP contribution in [0, 0.1) is 0 Å². The zero-order valence-corrected chi connectivity index (χ0v) is 16.3. The van der Waals surface area contributed by atoms with E-state index in [0.717, 1.165) is 6.07 Å². The molecule has 0 aliphatic carbocycles. The smallest absolute Gasteiger partial charge is 0.338 e. The summed E-state index contributed by atoms with van der Waals surface area (Å²) < 4.78 is 41.0. The number of sulfonamides is 1. The van der Waals surface area contributed by atoms with E-state index in [0.29, 0.717) is 17.2 Å². The van der Waals surface area contributed by atoms with Crippen LogP contribution < -0.4 is 19.5 Å². The molecular weight excluding hydrogens is 388 g/mol. The number of rotatable bonds is 8. The maximum Gasteiger partial charge on any atom is 0.338 e. The van der Waals surface area contributed by atoms with Crippen molar-refractivity contribution in [2.45, 2.75) is 4.90 Å². The Morgan fingerprint density at radius 1 is 1.04 bits per heavy atom. The van der Waals surface area contributed by atoms with Gasteiger partial charge in [0.2, 0.25) is 10.0 Å². The van der Waals surface area contributed by atoms with E-state index in [-0.39, 0.29) is 10.5 Å². The molecule has 10 heteroatoms. The van der Waals surface area contributed by atoms with Crippen molar-refractivity contribution in [3.63, 3.8) is 0 Å². The van der Waals surface area contributed by atoms with Crippen LogP contribution in [0.15, 0.2) is 47.4 Å². The van der Waals surface area contributed by atoms with E-state index >= 15 is 0 Å². The number of esters is 1. The Balaban J connectivity index is 2.04. The molecule has 2 N–H and O–H groups in total. The molecular formula is C18H20N2O7S. The van der Waals surface area contributed by atoms with Crippen LogP contribution in [0.3, 0.4) is 0 Å². The van der Waals surface area contributed by atoms with E-state index in [1.54, 1.807) is 18.2 Å². The molecule has 2 aromatic carbocycles. The number of anilines is 1. The van der Waals surface area contributed by atoms with Crippen molar-refractivity contribution in [1.82, 2.24) is 4.72 Å². The van der Waals surface area contributed by atoms with Gasteiger partial charge in [-0.05, 0) is 37.4 Å². The van der Waals surface area contributed by atoms with Crippen molar-refractivity contribution in [1.29, 1.82) is 0 Å². The molecule has 0 heterocycles. The van der Waals surface area contributed by atoms with Crippen LogP contribution in [0.2, 0.25) is 0 Å². The Morgan fingerprint density at radius 3 is 2.43 bits per heavy atom. The van der Waals surface area contributed by atoms with Crippen LogP contribution in [-0.2, 0) is 19.6 Å². The first kappa shape index (κ1) is 21.2. The maximum absolute atomic E-state index is 12.1. The van der Waals surface area contributed by atoms with E-state index in [9.17, 15) is 18.0 Å². The molecule has 28 heavy (non-hydrogen) atoms. The molecule has 2 aromatic rings. The van der Waals surface area contributed by atoms with E-state index in [1.807, 2.05) is 0 Å². The van der Waals surface area contributed by atoms with Crippen molar-refractivity contribution in [2.75, 3.05) is 33.2 Å². The van der Waals surface area contributed by atoms with E-state index in [4.69, 9.17) is 14.2 Å². The Labute approximate surface area is 162 Å². The van der Waals surface area contributed by atoms with Gasteiger partial charge in [-0.25, -0.2) is 17.9 Å². The molecule has 0 fully saturated rings. The van der Waals surface area contributed by atoms with Crippen LogP contribution in [-0.4, -0.2) is 48.2 Å². The lowest BCUT2D eigenvalue weighted by molar-refractivity contribution is -0.119. The second kappa shape index (κ2) is 9.20. The lowest BCUT2D eigenvalue weighted by Crippen LogP contribution is -2.22. The van der Waals surface area contributed by atoms with Gasteiger partial charge in [-0.3, -0.25) is 4.79 Å². The molecule has 2 rings (SSSR count). The van der Waals surface area contributed by atoms with Crippen LogP contribution in [0.5, 0.6) is 11.5 Å². The number of amides is 1. The van der Waals surface area contributed by atoms with Crippen LogP contribution in [0.4, 0.5) is 5.69 Å². The van der Waals surface area contributed by atoms with Crippen LogP contribution in [0.25, 0.3) is 0 Å². The fourth-order valence-electron chi connectivity index (χ4n) is 2.22. The fourth-order valence-corrected chi connectivity index (χ4v) is 3.00. The molecule has 0 aliphatic heterocycles. The summed E-state index contributed by atoms with van der Waals surface area (Å²) in [5.41, 5.74) is 0.355. The van der Waals surface area contributed by atoms with Crippen molar-refractivity contribution in [3.8, 4) is 11.5 Å². The summed E-state index contributed by atoms with van der Waals surface area (Å²) in [6.45, 7) is -0.567. The number of hydrogen-bond donors (Lipinski definition) is 2. The molecule has 0 bridgehead atoms. The first-order valence-corrected chi connectivity index (χ1v) is 9.51. The standard InChI is InChI=1S/C18H20N2O7S/c1-19-28(23,24)14-6-4-5-12(9-14)18(22)27-11-17(21)20-15-10-13(25-2)7-8-16(15)26-3/h4-10,19H,11H2,1-3H3,(H,20,21). The molecule has 0 atom stereocenters. The third kappa shape index (κ3) is 5.21. The zero-order valence-electron chi connectivity index (χ0n) is 15.5. The number of ether oxygens (including phenoxy) is 3. The minimum atomic E-state index is -3.70. The molecule has 0 saturated heterocycles. The highest BCUT2D eigenvalue weighted by molar-refractivity contribution is 7.89. The number of methoxy groups -OCH3 is 2. The van der Waals surface area contributed by atoms with Gasteiger partial charge < -0.3 is 19.5 Å². The van der Waals surface area contributed by atoms with Gasteiger partial charge in [-0.2, -0.15) is 0 Å². The summed E-state index contributed by atoms with van der Waals surface area (Å²) in [5, 5.41) is 2.56. The van der Waals surface area contributed by atoms with Crippen LogP contribution >= 0.6 is 0 Å². The quantitative estimate of drug-likeness (QED) is 0.634. The highest BCUT2D eigenvalue weighted by atomic mass is 32.2. The Hall–Kier alpha value is -3.11. The SMILES string of the molecule is CNS(=O)(=O)c1cccc(C(=O)OCC(=O)Nc2cc(OC)ccc2OC)c1. The number of carbonyl (C=O) groups excluding carboxylic acids is 2. The number of nitrogens with one attached hydrogen (secondary N) is 2. The Bertz CT molecular complexity index is 974. The molecule has 9 nitrogen and oxygen atoms in total. The average Bonchev–Trinajstić information content (AvgIpc) is 2.71. The molecule has 1 amide bonds. The molecule has 0 aliphatic rings. The van der Waals surface area contributed by atoms with Gasteiger partial charge in [0.1, 0.15) is 11.5 Å². The second-order valence-electron chi connectivity index (χ2n) is 5.43. The summed E-state index contributed by atoms with van der Waals surface area (Å²) in [7, 11) is 0.490. The normalized spacial score (nSPS) is 10.8. The number of hydrogen-bond acceptors (Lipinski definition) is 7. The molecule has 0 radical (unpaired) electrons. The van der Waals surface area contributed by atoms with E-state index in [1.165, 1.54) is 39.5 Å².